The summed E-state index contributed by atoms with van der Waals surface area (Å²) in [5.74, 6) is 2.34. The van der Waals surface area contributed by atoms with E-state index in [4.69, 9.17) is 0 Å². The summed E-state index contributed by atoms with van der Waals surface area (Å²) in [4.78, 5) is 20.5. The molecule has 1 rings (SSSR count). The summed E-state index contributed by atoms with van der Waals surface area (Å²) in [6, 6.07) is 1.85. The van der Waals surface area contributed by atoms with Gasteiger partial charge in [-0.3, -0.25) is 4.79 Å². The lowest BCUT2D eigenvalue weighted by atomic mass is 9.96. The van der Waals surface area contributed by atoms with Crippen molar-refractivity contribution in [1.82, 2.24) is 15.3 Å². The van der Waals surface area contributed by atoms with Crippen LogP contribution in [0, 0.1) is 0 Å². The maximum absolute atomic E-state index is 11.5. The van der Waals surface area contributed by atoms with Crippen LogP contribution >= 0.6 is 0 Å². The zero-order chi connectivity index (χ0) is 15.9. The first-order chi connectivity index (χ1) is 9.86. The lowest BCUT2D eigenvalue weighted by Crippen LogP contribution is -2.26. The molecule has 0 atom stereocenters. The van der Waals surface area contributed by atoms with E-state index in [1.165, 1.54) is 0 Å². The van der Waals surface area contributed by atoms with Crippen LogP contribution in [0.5, 0.6) is 0 Å². The third-order valence-corrected chi connectivity index (χ3v) is 2.88. The fourth-order valence-electron chi connectivity index (χ4n) is 1.66. The first kappa shape index (κ1) is 17.2. The number of hydrogen-bond donors (Lipinski definition) is 3. The number of rotatable bonds is 7. The highest BCUT2D eigenvalue weighted by Gasteiger charge is 2.18. The highest BCUT2D eigenvalue weighted by atomic mass is 16.1. The van der Waals surface area contributed by atoms with Gasteiger partial charge >= 0.3 is 0 Å². The summed E-state index contributed by atoms with van der Waals surface area (Å²) >= 11 is 0. The molecule has 0 unspecified atom stereocenters. The molecule has 1 heterocycles. The van der Waals surface area contributed by atoms with Crippen LogP contribution in [-0.4, -0.2) is 36.0 Å². The van der Waals surface area contributed by atoms with Crippen LogP contribution < -0.4 is 16.0 Å². The third kappa shape index (κ3) is 5.97. The first-order valence-electron chi connectivity index (χ1n) is 7.44. The Kier molecular flexibility index (Phi) is 6.39. The minimum absolute atomic E-state index is 0.0586. The molecule has 1 aromatic rings. The van der Waals surface area contributed by atoms with E-state index in [-0.39, 0.29) is 11.3 Å². The largest absolute Gasteiger partial charge is 0.373 e. The molecule has 21 heavy (non-hydrogen) atoms. The van der Waals surface area contributed by atoms with Gasteiger partial charge in [-0.15, -0.1) is 0 Å². The molecule has 3 N–H and O–H groups in total. The molecule has 0 aliphatic carbocycles. The topological polar surface area (TPSA) is 78.9 Å². The van der Waals surface area contributed by atoms with Gasteiger partial charge in [0, 0.05) is 38.0 Å². The van der Waals surface area contributed by atoms with E-state index in [0.717, 1.165) is 30.4 Å². The molecule has 1 aromatic heterocycles. The van der Waals surface area contributed by atoms with E-state index in [9.17, 15) is 4.79 Å². The van der Waals surface area contributed by atoms with Crippen LogP contribution in [0.15, 0.2) is 6.07 Å². The fourth-order valence-corrected chi connectivity index (χ4v) is 1.66. The second kappa shape index (κ2) is 7.81. The molecule has 6 heteroatoms. The number of nitrogens with zero attached hydrogens (tertiary/aromatic N) is 2. The number of nitrogens with one attached hydrogen (secondary N) is 3. The molecule has 0 aromatic carbocycles. The van der Waals surface area contributed by atoms with Crippen molar-refractivity contribution in [2.75, 3.05) is 30.8 Å². The van der Waals surface area contributed by atoms with Crippen molar-refractivity contribution in [1.29, 1.82) is 0 Å². The van der Waals surface area contributed by atoms with Crippen LogP contribution in [0.1, 0.15) is 46.4 Å². The van der Waals surface area contributed by atoms with Crippen molar-refractivity contribution in [3.8, 4) is 0 Å². The second-order valence-electron chi connectivity index (χ2n) is 5.99. The van der Waals surface area contributed by atoms with Crippen molar-refractivity contribution < 1.29 is 4.79 Å². The average molecular weight is 293 g/mol. The van der Waals surface area contributed by atoms with Gasteiger partial charge in [0.1, 0.15) is 17.5 Å². The Bertz CT molecular complexity index is 468. The average Bonchev–Trinajstić information content (AvgIpc) is 2.43. The second-order valence-corrected chi connectivity index (χ2v) is 5.99. The molecule has 0 bridgehead atoms. The number of carbonyl (C=O) groups is 1. The predicted molar refractivity (Wildman–Crippen MR) is 86.7 cm³/mol. The van der Waals surface area contributed by atoms with Crippen molar-refractivity contribution in [2.24, 2.45) is 0 Å². The van der Waals surface area contributed by atoms with Crippen LogP contribution in [0.2, 0.25) is 0 Å². The molecular formula is C15H27N5O. The summed E-state index contributed by atoms with van der Waals surface area (Å²) in [5, 5.41) is 9.08. The van der Waals surface area contributed by atoms with E-state index in [1.807, 2.05) is 20.0 Å². The van der Waals surface area contributed by atoms with Crippen molar-refractivity contribution in [3.05, 3.63) is 11.9 Å². The van der Waals surface area contributed by atoms with Crippen molar-refractivity contribution in [2.45, 2.75) is 46.0 Å². The molecule has 0 fully saturated rings. The van der Waals surface area contributed by atoms with E-state index in [1.54, 1.807) is 0 Å². The molecule has 118 valence electrons. The van der Waals surface area contributed by atoms with Crippen LogP contribution in [0.4, 0.5) is 11.6 Å². The molecule has 0 aliphatic rings. The maximum atomic E-state index is 11.5. The van der Waals surface area contributed by atoms with Crippen LogP contribution in [0.25, 0.3) is 0 Å². The SMILES string of the molecule is CCCNC(=O)CCNc1cc(NC)nc(C(C)(C)C)n1. The molecule has 0 spiro atoms. The van der Waals surface area contributed by atoms with Crippen molar-refractivity contribution in [3.63, 3.8) is 0 Å². The fraction of sp³-hybridized carbons (Fsp3) is 0.667. The number of amides is 1. The van der Waals surface area contributed by atoms with E-state index < -0.39 is 0 Å². The third-order valence-electron chi connectivity index (χ3n) is 2.88. The molecule has 0 radical (unpaired) electrons. The Balaban J connectivity index is 2.64. The summed E-state index contributed by atoms with van der Waals surface area (Å²) in [6.45, 7) is 9.54. The Morgan fingerprint density at radius 3 is 2.43 bits per heavy atom. The van der Waals surface area contributed by atoms with Gasteiger partial charge in [-0.25, -0.2) is 9.97 Å². The number of hydrogen-bond acceptors (Lipinski definition) is 5. The van der Waals surface area contributed by atoms with E-state index in [0.29, 0.717) is 13.0 Å². The Morgan fingerprint density at radius 1 is 1.19 bits per heavy atom. The molecule has 0 saturated heterocycles. The Hall–Kier alpha value is -1.85. The molecule has 1 amide bonds. The first-order valence-corrected chi connectivity index (χ1v) is 7.44. The van der Waals surface area contributed by atoms with Crippen molar-refractivity contribution >= 4 is 17.5 Å². The van der Waals surface area contributed by atoms with Gasteiger partial charge < -0.3 is 16.0 Å². The molecule has 0 aliphatic heterocycles. The van der Waals surface area contributed by atoms with E-state index in [2.05, 4.69) is 46.7 Å². The van der Waals surface area contributed by atoms with Gasteiger partial charge in [-0.2, -0.15) is 0 Å². The quantitative estimate of drug-likeness (QED) is 0.718. The summed E-state index contributed by atoms with van der Waals surface area (Å²) in [7, 11) is 1.83. The molecule has 6 nitrogen and oxygen atoms in total. The minimum atomic E-state index is -0.123. The monoisotopic (exact) mass is 293 g/mol. The number of anilines is 2. The van der Waals surface area contributed by atoms with E-state index >= 15 is 0 Å². The number of aromatic nitrogens is 2. The van der Waals surface area contributed by atoms with Gasteiger partial charge in [0.15, 0.2) is 0 Å². The predicted octanol–water partition coefficient (Wildman–Crippen LogP) is 2.14. The molecular weight excluding hydrogens is 266 g/mol. The van der Waals surface area contributed by atoms with Gasteiger partial charge in [-0.1, -0.05) is 27.7 Å². The van der Waals surface area contributed by atoms with Gasteiger partial charge in [0.25, 0.3) is 0 Å². The van der Waals surface area contributed by atoms with Gasteiger partial charge in [0.05, 0.1) is 0 Å². The Morgan fingerprint density at radius 2 is 1.86 bits per heavy atom. The summed E-state index contributed by atoms with van der Waals surface area (Å²) in [6.07, 6.45) is 1.38. The summed E-state index contributed by atoms with van der Waals surface area (Å²) in [5.41, 5.74) is -0.123. The normalized spacial score (nSPS) is 11.1. The van der Waals surface area contributed by atoms with Gasteiger partial charge in [-0.05, 0) is 6.42 Å². The van der Waals surface area contributed by atoms with Crippen LogP contribution in [-0.2, 0) is 10.2 Å². The molecule has 0 saturated carbocycles. The lowest BCUT2D eigenvalue weighted by Gasteiger charge is -2.18. The smallest absolute Gasteiger partial charge is 0.221 e. The summed E-state index contributed by atoms with van der Waals surface area (Å²) < 4.78 is 0. The Labute approximate surface area is 127 Å². The standard InChI is InChI=1S/C15H27N5O/c1-6-8-18-13(21)7-9-17-12-10-11(16-5)19-14(20-12)15(2,3)4/h10H,6-9H2,1-5H3,(H,18,21)(H2,16,17,19,20). The zero-order valence-electron chi connectivity index (χ0n) is 13.7. The highest BCUT2D eigenvalue weighted by molar-refractivity contribution is 5.76. The minimum Gasteiger partial charge on any atom is -0.373 e. The maximum Gasteiger partial charge on any atom is 0.221 e. The lowest BCUT2D eigenvalue weighted by molar-refractivity contribution is -0.120. The highest BCUT2D eigenvalue weighted by Crippen LogP contribution is 2.22. The van der Waals surface area contributed by atoms with Gasteiger partial charge in [0.2, 0.25) is 5.91 Å². The van der Waals surface area contributed by atoms with Crippen LogP contribution in [0.3, 0.4) is 0 Å². The zero-order valence-corrected chi connectivity index (χ0v) is 13.7. The number of carbonyl (C=O) groups excluding carboxylic acids is 1.